The standard InChI is InChI=1S/C15H24N2O2/c1-13(2)17-11-15(18)16-9-6-10-19-12-14-7-4-3-5-8-14/h3-5,7-8,13,17H,6,9-12H2,1-2H3,(H,16,18). The quantitative estimate of drug-likeness (QED) is 0.668. The molecule has 4 nitrogen and oxygen atoms in total. The number of rotatable bonds is 9. The van der Waals surface area contributed by atoms with Crippen molar-refractivity contribution in [2.75, 3.05) is 19.7 Å². The van der Waals surface area contributed by atoms with E-state index in [2.05, 4.69) is 10.6 Å². The molecule has 0 atom stereocenters. The van der Waals surface area contributed by atoms with Gasteiger partial charge in [-0.3, -0.25) is 4.79 Å². The van der Waals surface area contributed by atoms with E-state index in [0.717, 1.165) is 6.42 Å². The first kappa shape index (κ1) is 15.7. The van der Waals surface area contributed by atoms with Gasteiger partial charge in [0.25, 0.3) is 0 Å². The Labute approximate surface area is 115 Å². The van der Waals surface area contributed by atoms with Crippen molar-refractivity contribution < 1.29 is 9.53 Å². The Bertz CT molecular complexity index is 352. The minimum Gasteiger partial charge on any atom is -0.377 e. The van der Waals surface area contributed by atoms with Gasteiger partial charge in [-0.05, 0) is 12.0 Å². The Hall–Kier alpha value is -1.39. The van der Waals surface area contributed by atoms with Crippen molar-refractivity contribution in [3.63, 3.8) is 0 Å². The van der Waals surface area contributed by atoms with E-state index in [4.69, 9.17) is 4.74 Å². The van der Waals surface area contributed by atoms with E-state index in [1.165, 1.54) is 5.56 Å². The Kier molecular flexibility index (Phi) is 7.86. The third-order valence-electron chi connectivity index (χ3n) is 2.57. The molecule has 1 aromatic carbocycles. The molecule has 0 heterocycles. The van der Waals surface area contributed by atoms with Crippen LogP contribution in [0.2, 0.25) is 0 Å². The first-order chi connectivity index (χ1) is 9.18. The molecule has 1 amide bonds. The molecule has 0 fully saturated rings. The summed E-state index contributed by atoms with van der Waals surface area (Å²) in [5.41, 5.74) is 1.17. The number of carbonyl (C=O) groups excluding carboxylic acids is 1. The van der Waals surface area contributed by atoms with Crippen LogP contribution in [0.4, 0.5) is 0 Å². The highest BCUT2D eigenvalue weighted by molar-refractivity contribution is 5.77. The van der Waals surface area contributed by atoms with Crippen molar-refractivity contribution in [2.24, 2.45) is 0 Å². The van der Waals surface area contributed by atoms with Gasteiger partial charge in [-0.15, -0.1) is 0 Å². The normalized spacial score (nSPS) is 10.7. The molecule has 1 aromatic rings. The molecule has 106 valence electrons. The zero-order valence-electron chi connectivity index (χ0n) is 11.8. The van der Waals surface area contributed by atoms with E-state index in [9.17, 15) is 4.79 Å². The fraction of sp³-hybridized carbons (Fsp3) is 0.533. The van der Waals surface area contributed by atoms with Crippen LogP contribution in [0.25, 0.3) is 0 Å². The minimum absolute atomic E-state index is 0.0387. The smallest absolute Gasteiger partial charge is 0.233 e. The predicted octanol–water partition coefficient (Wildman–Crippen LogP) is 1.71. The summed E-state index contributed by atoms with van der Waals surface area (Å²) in [5, 5.41) is 5.93. The minimum atomic E-state index is 0.0387. The van der Waals surface area contributed by atoms with Crippen molar-refractivity contribution in [2.45, 2.75) is 32.9 Å². The Morgan fingerprint density at radius 1 is 1.26 bits per heavy atom. The van der Waals surface area contributed by atoms with Gasteiger partial charge in [0, 0.05) is 19.2 Å². The molecule has 0 aliphatic heterocycles. The van der Waals surface area contributed by atoms with Crippen LogP contribution in [0.1, 0.15) is 25.8 Å². The fourth-order valence-electron chi connectivity index (χ4n) is 1.53. The monoisotopic (exact) mass is 264 g/mol. The maximum Gasteiger partial charge on any atom is 0.233 e. The van der Waals surface area contributed by atoms with E-state index in [0.29, 0.717) is 32.3 Å². The third-order valence-corrected chi connectivity index (χ3v) is 2.57. The molecule has 0 saturated heterocycles. The van der Waals surface area contributed by atoms with Crippen LogP contribution in [0.15, 0.2) is 30.3 Å². The summed E-state index contributed by atoms with van der Waals surface area (Å²) in [6, 6.07) is 10.4. The fourth-order valence-corrected chi connectivity index (χ4v) is 1.53. The van der Waals surface area contributed by atoms with E-state index in [1.54, 1.807) is 0 Å². The van der Waals surface area contributed by atoms with Crippen molar-refractivity contribution in [1.82, 2.24) is 10.6 Å². The topological polar surface area (TPSA) is 50.4 Å². The molecule has 2 N–H and O–H groups in total. The van der Waals surface area contributed by atoms with E-state index in [-0.39, 0.29) is 5.91 Å². The van der Waals surface area contributed by atoms with Gasteiger partial charge in [0.2, 0.25) is 5.91 Å². The number of ether oxygens (including phenoxy) is 1. The second kappa shape index (κ2) is 9.53. The summed E-state index contributed by atoms with van der Waals surface area (Å²) < 4.78 is 5.53. The lowest BCUT2D eigenvalue weighted by Gasteiger charge is -2.09. The van der Waals surface area contributed by atoms with Crippen molar-refractivity contribution in [3.05, 3.63) is 35.9 Å². The maximum absolute atomic E-state index is 11.4. The van der Waals surface area contributed by atoms with Crippen LogP contribution in [0.3, 0.4) is 0 Å². The van der Waals surface area contributed by atoms with Gasteiger partial charge in [-0.1, -0.05) is 44.2 Å². The van der Waals surface area contributed by atoms with Crippen LogP contribution >= 0.6 is 0 Å². The van der Waals surface area contributed by atoms with Gasteiger partial charge in [0.1, 0.15) is 0 Å². The Morgan fingerprint density at radius 3 is 2.68 bits per heavy atom. The molecule has 1 rings (SSSR count). The lowest BCUT2D eigenvalue weighted by molar-refractivity contribution is -0.120. The molecule has 0 spiro atoms. The summed E-state index contributed by atoms with van der Waals surface area (Å²) in [7, 11) is 0. The average Bonchev–Trinajstić information content (AvgIpc) is 2.41. The second-order valence-electron chi connectivity index (χ2n) is 4.78. The maximum atomic E-state index is 11.4. The van der Waals surface area contributed by atoms with Crippen LogP contribution in [-0.4, -0.2) is 31.6 Å². The zero-order valence-corrected chi connectivity index (χ0v) is 11.8. The molecule has 0 saturated carbocycles. The molecular weight excluding hydrogens is 240 g/mol. The molecule has 4 heteroatoms. The molecule has 0 unspecified atom stereocenters. The zero-order chi connectivity index (χ0) is 13.9. The van der Waals surface area contributed by atoms with Crippen molar-refractivity contribution in [1.29, 1.82) is 0 Å². The lowest BCUT2D eigenvalue weighted by Crippen LogP contribution is -2.37. The lowest BCUT2D eigenvalue weighted by atomic mass is 10.2. The highest BCUT2D eigenvalue weighted by Gasteiger charge is 2.00. The Balaban J connectivity index is 1.95. The van der Waals surface area contributed by atoms with Crippen LogP contribution in [0.5, 0.6) is 0 Å². The van der Waals surface area contributed by atoms with Gasteiger partial charge >= 0.3 is 0 Å². The Morgan fingerprint density at radius 2 is 2.00 bits per heavy atom. The van der Waals surface area contributed by atoms with Gasteiger partial charge < -0.3 is 15.4 Å². The van der Waals surface area contributed by atoms with Gasteiger partial charge in [-0.2, -0.15) is 0 Å². The summed E-state index contributed by atoms with van der Waals surface area (Å²) in [4.78, 5) is 11.4. The molecule has 0 aliphatic carbocycles. The molecule has 0 aliphatic rings. The van der Waals surface area contributed by atoms with Crippen LogP contribution in [-0.2, 0) is 16.1 Å². The first-order valence-corrected chi connectivity index (χ1v) is 6.80. The summed E-state index contributed by atoms with van der Waals surface area (Å²) >= 11 is 0. The third kappa shape index (κ3) is 8.35. The highest BCUT2D eigenvalue weighted by Crippen LogP contribution is 2.00. The molecule has 19 heavy (non-hydrogen) atoms. The van der Waals surface area contributed by atoms with Crippen LogP contribution < -0.4 is 10.6 Å². The summed E-state index contributed by atoms with van der Waals surface area (Å²) in [6.45, 7) is 6.36. The molecule has 0 aromatic heterocycles. The number of carbonyl (C=O) groups is 1. The highest BCUT2D eigenvalue weighted by atomic mass is 16.5. The number of nitrogens with one attached hydrogen (secondary N) is 2. The molecule has 0 bridgehead atoms. The first-order valence-electron chi connectivity index (χ1n) is 6.80. The summed E-state index contributed by atoms with van der Waals surface area (Å²) in [6.07, 6.45) is 0.834. The SMILES string of the molecule is CC(C)NCC(=O)NCCCOCc1ccccc1. The van der Waals surface area contributed by atoms with E-state index >= 15 is 0 Å². The van der Waals surface area contributed by atoms with Crippen molar-refractivity contribution >= 4 is 5.91 Å². The molecular formula is C15H24N2O2. The second-order valence-corrected chi connectivity index (χ2v) is 4.78. The van der Waals surface area contributed by atoms with Gasteiger partial charge in [-0.25, -0.2) is 0 Å². The van der Waals surface area contributed by atoms with Gasteiger partial charge in [0.15, 0.2) is 0 Å². The predicted molar refractivity (Wildman–Crippen MR) is 76.9 cm³/mol. The molecule has 0 radical (unpaired) electrons. The van der Waals surface area contributed by atoms with E-state index < -0.39 is 0 Å². The van der Waals surface area contributed by atoms with Crippen LogP contribution in [0, 0.1) is 0 Å². The summed E-state index contributed by atoms with van der Waals surface area (Å²) in [5.74, 6) is 0.0387. The van der Waals surface area contributed by atoms with Crippen molar-refractivity contribution in [3.8, 4) is 0 Å². The number of benzene rings is 1. The van der Waals surface area contributed by atoms with Gasteiger partial charge in [0.05, 0.1) is 13.2 Å². The number of hydrogen-bond donors (Lipinski definition) is 2. The average molecular weight is 264 g/mol. The number of hydrogen-bond acceptors (Lipinski definition) is 3. The van der Waals surface area contributed by atoms with E-state index in [1.807, 2.05) is 44.2 Å². The number of amides is 1. The largest absolute Gasteiger partial charge is 0.377 e.